The Bertz CT molecular complexity index is 2810. The molecule has 0 radical (unpaired) electrons. The maximum atomic E-state index is 2.57. The first-order chi connectivity index (χ1) is 26.1. The van der Waals surface area contributed by atoms with Gasteiger partial charge in [0.25, 0.3) is 0 Å². The lowest BCUT2D eigenvalue weighted by molar-refractivity contribution is 0.659. The first kappa shape index (κ1) is 31.6. The van der Waals surface area contributed by atoms with Crippen molar-refractivity contribution in [3.8, 4) is 33.4 Å². The molecule has 3 aliphatic rings. The summed E-state index contributed by atoms with van der Waals surface area (Å²) >= 11 is 0. The predicted molar refractivity (Wildman–Crippen MR) is 229 cm³/mol. The van der Waals surface area contributed by atoms with E-state index in [0.29, 0.717) is 0 Å². The molecule has 0 heterocycles. The van der Waals surface area contributed by atoms with Crippen LogP contribution in [0.3, 0.4) is 0 Å². The van der Waals surface area contributed by atoms with Crippen molar-refractivity contribution in [2.45, 2.75) is 57.8 Å². The van der Waals surface area contributed by atoms with Crippen LogP contribution in [0.2, 0.25) is 0 Å². The van der Waals surface area contributed by atoms with Gasteiger partial charge < -0.3 is 4.90 Å². The van der Waals surface area contributed by atoms with E-state index >= 15 is 0 Å². The second kappa shape index (κ2) is 10.6. The molecule has 0 aromatic heterocycles. The van der Waals surface area contributed by atoms with Crippen molar-refractivity contribution in [1.29, 1.82) is 0 Å². The number of rotatable bonds is 3. The van der Waals surface area contributed by atoms with Gasteiger partial charge >= 0.3 is 0 Å². The van der Waals surface area contributed by atoms with Crippen LogP contribution in [-0.2, 0) is 16.2 Å². The van der Waals surface area contributed by atoms with Crippen molar-refractivity contribution >= 4 is 38.6 Å². The molecule has 8 aromatic rings. The summed E-state index contributed by atoms with van der Waals surface area (Å²) in [4.78, 5) is 2.57. The molecule has 0 saturated heterocycles. The lowest BCUT2D eigenvalue weighted by Crippen LogP contribution is -2.19. The molecule has 0 N–H and O–H groups in total. The van der Waals surface area contributed by atoms with Gasteiger partial charge in [-0.3, -0.25) is 0 Å². The summed E-state index contributed by atoms with van der Waals surface area (Å²) in [6.45, 7) is 14.4. The van der Waals surface area contributed by atoms with Crippen LogP contribution < -0.4 is 4.90 Å². The molecule has 0 atom stereocenters. The van der Waals surface area contributed by atoms with E-state index in [1.54, 1.807) is 0 Å². The Hall–Kier alpha value is -5.92. The molecule has 0 unspecified atom stereocenters. The maximum Gasteiger partial charge on any atom is 0.0543 e. The molecule has 11 rings (SSSR count). The fourth-order valence-corrected chi connectivity index (χ4v) is 10.6. The van der Waals surface area contributed by atoms with Crippen LogP contribution in [0.1, 0.15) is 74.9 Å². The third-order valence-electron chi connectivity index (χ3n) is 13.4. The van der Waals surface area contributed by atoms with Gasteiger partial charge in [-0.2, -0.15) is 0 Å². The Morgan fingerprint density at radius 2 is 0.796 bits per heavy atom. The monoisotopic (exact) mass is 693 g/mol. The zero-order chi connectivity index (χ0) is 36.7. The summed E-state index contributed by atoms with van der Waals surface area (Å²) in [5.41, 5.74) is 19.7. The van der Waals surface area contributed by atoms with Gasteiger partial charge in [-0.15, -0.1) is 0 Å². The molecule has 54 heavy (non-hydrogen) atoms. The molecular weight excluding hydrogens is 651 g/mol. The highest BCUT2D eigenvalue weighted by Gasteiger charge is 2.41. The largest absolute Gasteiger partial charge is 0.310 e. The molecule has 1 nitrogen and oxygen atoms in total. The van der Waals surface area contributed by atoms with Gasteiger partial charge in [0, 0.05) is 33.0 Å². The summed E-state index contributed by atoms with van der Waals surface area (Å²) in [6, 6.07) is 57.6. The molecular formula is C53H43N. The summed E-state index contributed by atoms with van der Waals surface area (Å²) in [5, 5.41) is 5.19. The van der Waals surface area contributed by atoms with Crippen LogP contribution in [0.4, 0.5) is 17.1 Å². The number of hydrogen-bond donors (Lipinski definition) is 0. The summed E-state index contributed by atoms with van der Waals surface area (Å²) < 4.78 is 0. The van der Waals surface area contributed by atoms with Crippen molar-refractivity contribution in [2.24, 2.45) is 0 Å². The third-order valence-corrected chi connectivity index (χ3v) is 13.4. The van der Waals surface area contributed by atoms with E-state index in [4.69, 9.17) is 0 Å². The van der Waals surface area contributed by atoms with E-state index in [0.717, 1.165) is 0 Å². The first-order valence-corrected chi connectivity index (χ1v) is 19.4. The van der Waals surface area contributed by atoms with Gasteiger partial charge in [-0.25, -0.2) is 0 Å². The Labute approximate surface area is 318 Å². The minimum absolute atomic E-state index is 0.111. The van der Waals surface area contributed by atoms with Crippen molar-refractivity contribution in [1.82, 2.24) is 0 Å². The minimum atomic E-state index is -0.178. The fraction of sp³-hybridized carbons (Fsp3) is 0.170. The summed E-state index contributed by atoms with van der Waals surface area (Å²) in [5.74, 6) is 0. The molecule has 3 aliphatic carbocycles. The first-order valence-electron chi connectivity index (χ1n) is 19.4. The molecule has 8 aromatic carbocycles. The highest BCUT2D eigenvalue weighted by molar-refractivity contribution is 6.15. The van der Waals surface area contributed by atoms with Crippen LogP contribution in [0, 0.1) is 0 Å². The number of nitrogens with zero attached hydrogens (tertiary/aromatic N) is 1. The molecule has 0 bridgehead atoms. The van der Waals surface area contributed by atoms with E-state index in [2.05, 4.69) is 198 Å². The number of anilines is 3. The highest BCUT2D eigenvalue weighted by atomic mass is 15.1. The van der Waals surface area contributed by atoms with Crippen LogP contribution in [0.15, 0.2) is 152 Å². The fourth-order valence-electron chi connectivity index (χ4n) is 10.6. The van der Waals surface area contributed by atoms with Gasteiger partial charge in [-0.1, -0.05) is 163 Å². The van der Waals surface area contributed by atoms with Crippen LogP contribution in [-0.4, -0.2) is 0 Å². The molecule has 0 spiro atoms. The second-order valence-electron chi connectivity index (χ2n) is 17.3. The Balaban J connectivity index is 1.21. The number of hydrogen-bond acceptors (Lipinski definition) is 1. The summed E-state index contributed by atoms with van der Waals surface area (Å²) in [6.07, 6.45) is 0. The number of fused-ring (bicyclic) bond motifs is 13. The molecule has 260 valence electrons. The average molecular weight is 694 g/mol. The third kappa shape index (κ3) is 4.00. The quantitative estimate of drug-likeness (QED) is 0.178. The molecule has 0 fully saturated rings. The topological polar surface area (TPSA) is 3.24 Å². The zero-order valence-electron chi connectivity index (χ0n) is 31.9. The lowest BCUT2D eigenvalue weighted by atomic mass is 9.81. The summed E-state index contributed by atoms with van der Waals surface area (Å²) in [7, 11) is 0. The SMILES string of the molecule is CC1(C)c2ccccc2-c2ccc(N(c3ccc4c(c3)C(C)(C)c3ccccc3-4)c3cc4c(c5ccccc35)-c3c(ccc5ccccc35)C4(C)C)cc21. The van der Waals surface area contributed by atoms with E-state index in [1.165, 1.54) is 105 Å². The Morgan fingerprint density at radius 1 is 0.333 bits per heavy atom. The van der Waals surface area contributed by atoms with E-state index in [9.17, 15) is 0 Å². The van der Waals surface area contributed by atoms with Gasteiger partial charge in [0.05, 0.1) is 5.69 Å². The van der Waals surface area contributed by atoms with Crippen molar-refractivity contribution in [3.63, 3.8) is 0 Å². The zero-order valence-corrected chi connectivity index (χ0v) is 31.9. The van der Waals surface area contributed by atoms with E-state index in [1.807, 2.05) is 0 Å². The van der Waals surface area contributed by atoms with Crippen molar-refractivity contribution < 1.29 is 0 Å². The van der Waals surface area contributed by atoms with Crippen LogP contribution in [0.5, 0.6) is 0 Å². The normalized spacial score (nSPS) is 16.0. The van der Waals surface area contributed by atoms with E-state index in [-0.39, 0.29) is 16.2 Å². The van der Waals surface area contributed by atoms with E-state index < -0.39 is 0 Å². The molecule has 0 aliphatic heterocycles. The highest BCUT2D eigenvalue weighted by Crippen LogP contribution is 2.58. The minimum Gasteiger partial charge on any atom is -0.310 e. The van der Waals surface area contributed by atoms with Gasteiger partial charge in [0.15, 0.2) is 0 Å². The second-order valence-corrected chi connectivity index (χ2v) is 17.3. The number of benzene rings is 8. The molecule has 1 heteroatoms. The Kier molecular flexibility index (Phi) is 6.21. The van der Waals surface area contributed by atoms with Gasteiger partial charge in [0.2, 0.25) is 0 Å². The Morgan fingerprint density at radius 3 is 1.41 bits per heavy atom. The predicted octanol–water partition coefficient (Wildman–Crippen LogP) is 14.4. The molecule has 0 amide bonds. The van der Waals surface area contributed by atoms with Crippen LogP contribution in [0.25, 0.3) is 54.9 Å². The van der Waals surface area contributed by atoms with Gasteiger partial charge in [0.1, 0.15) is 0 Å². The smallest absolute Gasteiger partial charge is 0.0543 e. The van der Waals surface area contributed by atoms with Crippen molar-refractivity contribution in [2.75, 3.05) is 4.90 Å². The van der Waals surface area contributed by atoms with Crippen molar-refractivity contribution in [3.05, 3.63) is 185 Å². The van der Waals surface area contributed by atoms with Gasteiger partial charge in [-0.05, 0) is 113 Å². The molecule has 0 saturated carbocycles. The lowest BCUT2D eigenvalue weighted by Gasteiger charge is -2.32. The standard InChI is InChI=1S/C53H43N/c1-51(2)42-21-13-11-17-36(42)38-26-24-33(29-45(38)51)54(34-25-27-39-37-18-12-14-22-43(37)52(3,4)46(39)30-34)48-31-47-50(41-20-10-9-19-40(41)48)49-35-16-8-7-15-32(35)23-28-44(49)53(47,5)6/h7-31H,1-6H3. The maximum absolute atomic E-state index is 2.57. The average Bonchev–Trinajstić information content (AvgIpc) is 3.67. The van der Waals surface area contributed by atoms with Crippen LogP contribution >= 0.6 is 0 Å².